The van der Waals surface area contributed by atoms with Gasteiger partial charge in [-0.2, -0.15) is 0 Å². The van der Waals surface area contributed by atoms with Crippen LogP contribution in [0.5, 0.6) is 11.5 Å². The second-order valence-electron chi connectivity index (χ2n) is 42.3. The molecule has 0 bridgehead atoms. The molecule has 0 saturated carbocycles. The van der Waals surface area contributed by atoms with Crippen LogP contribution < -0.4 is 20.1 Å². The van der Waals surface area contributed by atoms with E-state index >= 15 is 0 Å². The summed E-state index contributed by atoms with van der Waals surface area (Å²) in [4.78, 5) is 169. The Kier molecular flexibility index (Phi) is 60.6. The lowest BCUT2D eigenvalue weighted by Gasteiger charge is -2.43. The number of likely N-dealkylation sites (tertiary alicyclic amines) is 1. The lowest BCUT2D eigenvalue weighted by Crippen LogP contribution is -2.47. The minimum atomic E-state index is -1.20. The quantitative estimate of drug-likeness (QED) is 0.0204. The summed E-state index contributed by atoms with van der Waals surface area (Å²) < 4.78 is 96.3. The molecule has 0 aliphatic carbocycles. The third kappa shape index (κ3) is 47.1. The minimum Gasteiger partial charge on any atom is -0.497 e. The lowest BCUT2D eigenvalue weighted by atomic mass is 9.79. The lowest BCUT2D eigenvalue weighted by molar-refractivity contribution is -0.255. The third-order valence-corrected chi connectivity index (χ3v) is 30.6. The van der Waals surface area contributed by atoms with E-state index in [2.05, 4.69) is 72.9 Å². The molecule has 4 aliphatic rings. The molecule has 4 aliphatic heterocycles. The van der Waals surface area contributed by atoms with Gasteiger partial charge < -0.3 is 96.4 Å². The molecule has 0 radical (unpaired) electrons. The van der Waals surface area contributed by atoms with Gasteiger partial charge in [-0.3, -0.25) is 62.3 Å². The van der Waals surface area contributed by atoms with Crippen molar-refractivity contribution in [2.75, 3.05) is 120 Å². The first-order valence-corrected chi connectivity index (χ1v) is 55.8. The Bertz CT molecular complexity index is 4180. The number of amides is 3. The van der Waals surface area contributed by atoms with Crippen molar-refractivity contribution in [3.8, 4) is 11.5 Å². The molecule has 17 atom stereocenters. The first-order chi connectivity index (χ1) is 72.0. The number of Topliss-reactive ketones (excluding diaryl/α,β-unsaturated/α-hetero) is 5. The Labute approximate surface area is 891 Å². The second-order valence-corrected chi connectivity index (χ2v) is 42.3. The summed E-state index contributed by atoms with van der Waals surface area (Å²) in [6.07, 6.45) is 14.4. The maximum atomic E-state index is 14.6. The van der Waals surface area contributed by atoms with Gasteiger partial charge in [0.1, 0.15) is 71.9 Å². The van der Waals surface area contributed by atoms with Crippen LogP contribution in [-0.2, 0) is 134 Å². The Hall–Kier alpha value is -9.03. The summed E-state index contributed by atoms with van der Waals surface area (Å²) >= 11 is 0. The molecule has 844 valence electrons. The summed E-state index contributed by atoms with van der Waals surface area (Å²) in [5, 5.41) is 15.2. The first-order valence-electron chi connectivity index (χ1n) is 55.8. The van der Waals surface area contributed by atoms with E-state index in [4.69, 9.17) is 75.8 Å². The zero-order valence-corrected chi connectivity index (χ0v) is 92.5. The Morgan fingerprint density at radius 2 is 0.707 bits per heavy atom. The molecule has 3 N–H and O–H groups in total. The number of aliphatic carboxylic acids is 1. The summed E-state index contributed by atoms with van der Waals surface area (Å²) in [7, 11) is 3.20. The van der Waals surface area contributed by atoms with Crippen molar-refractivity contribution < 1.29 is 143 Å². The van der Waals surface area contributed by atoms with Crippen LogP contribution >= 0.6 is 0 Å². The van der Waals surface area contributed by atoms with E-state index in [9.17, 15) is 67.4 Å². The molecule has 7 rings (SSSR count). The van der Waals surface area contributed by atoms with Gasteiger partial charge in [-0.15, -0.1) is 0 Å². The molecule has 4 heterocycles. The normalized spacial score (nSPS) is 22.6. The number of rotatable bonds is 80. The number of benzene rings is 3. The van der Waals surface area contributed by atoms with E-state index in [1.807, 2.05) is 78.9 Å². The van der Waals surface area contributed by atoms with Crippen LogP contribution in [0, 0.1) is 58.7 Å². The van der Waals surface area contributed by atoms with Gasteiger partial charge in [0.15, 0.2) is 18.9 Å². The van der Waals surface area contributed by atoms with E-state index in [1.54, 1.807) is 19.1 Å². The average Bonchev–Trinajstić information content (AvgIpc) is 1.00. The number of esters is 4. The second kappa shape index (κ2) is 71.1. The van der Waals surface area contributed by atoms with Crippen molar-refractivity contribution >= 4 is 76.5 Å². The summed E-state index contributed by atoms with van der Waals surface area (Å²) in [5.74, 6) is -0.0836. The highest BCUT2D eigenvalue weighted by Crippen LogP contribution is 2.45. The number of carboxylic acid groups (broad SMARTS) is 1. The van der Waals surface area contributed by atoms with Gasteiger partial charge in [-0.25, -0.2) is 0 Å². The topological polar surface area (TPSA) is 417 Å². The summed E-state index contributed by atoms with van der Waals surface area (Å²) in [6, 6.07) is 24.6. The predicted octanol–water partition coefficient (Wildman–Crippen LogP) is 18.4. The first kappa shape index (κ1) is 128. The molecule has 0 spiro atoms. The number of ether oxygens (including phenoxy) is 16. The van der Waals surface area contributed by atoms with Crippen LogP contribution in [0.4, 0.5) is 0 Å². The maximum absolute atomic E-state index is 14.6. The van der Waals surface area contributed by atoms with Gasteiger partial charge in [0.2, 0.25) is 17.7 Å². The fourth-order valence-electron chi connectivity index (χ4n) is 20.1. The van der Waals surface area contributed by atoms with E-state index in [0.29, 0.717) is 186 Å². The SMILES string of the molecule is COc1ccc(C(OC[C@@H]2C[C@@H](OC(=O)CCC(=O)O)CN2C(=O)CCCCCCCCCCC(=O)CC(COCCC(=O)CCCCCC(=O)CCCCOC2OC(COC(C)=O)C(C)C(C)C2C)(COCCC(=O)CCCCCC(=O)CCCCOC2OC(COC(C)=O)C(C)C(C)C2C)COCCC(=O)NCCCNC(=O)CCCCOC2OC(COC(C)=O)C(C)C(C)C2C)(c2ccccc2)c2ccc(OC)cc2)cc1. The number of nitrogens with one attached hydrogen (secondary N) is 2. The van der Waals surface area contributed by atoms with Crippen LogP contribution in [0.15, 0.2) is 78.9 Å². The third-order valence-electron chi connectivity index (χ3n) is 30.6. The molecule has 0 aromatic heterocycles. The highest BCUT2D eigenvalue weighted by molar-refractivity contribution is 5.82. The van der Waals surface area contributed by atoms with Gasteiger partial charge in [-0.1, -0.05) is 168 Å². The fraction of sp³-hybridized carbons (Fsp3) is 0.735. The Morgan fingerprint density at radius 3 is 1.10 bits per heavy atom. The van der Waals surface area contributed by atoms with Crippen molar-refractivity contribution in [1.82, 2.24) is 15.5 Å². The molecule has 4 fully saturated rings. The van der Waals surface area contributed by atoms with Crippen LogP contribution in [0.2, 0.25) is 0 Å². The molecule has 150 heavy (non-hydrogen) atoms. The predicted molar refractivity (Wildman–Crippen MR) is 564 cm³/mol. The molecule has 33 nitrogen and oxygen atoms in total. The Balaban J connectivity index is 0.929. The van der Waals surface area contributed by atoms with Crippen LogP contribution in [0.1, 0.15) is 337 Å². The average molecular weight is 2110 g/mol. The summed E-state index contributed by atoms with van der Waals surface area (Å²) in [6.45, 7) is 25.6. The molecular weight excluding hydrogens is 1930 g/mol. The molecular formula is C117H181N3O30. The fourth-order valence-corrected chi connectivity index (χ4v) is 20.1. The highest BCUT2D eigenvalue weighted by atomic mass is 16.7. The number of methoxy groups -OCH3 is 2. The Morgan fingerprint density at radius 1 is 0.360 bits per heavy atom. The smallest absolute Gasteiger partial charge is 0.306 e. The van der Waals surface area contributed by atoms with Crippen molar-refractivity contribution in [2.24, 2.45) is 58.7 Å². The van der Waals surface area contributed by atoms with Gasteiger partial charge in [0.25, 0.3) is 0 Å². The zero-order valence-electron chi connectivity index (χ0n) is 92.5. The van der Waals surface area contributed by atoms with Gasteiger partial charge in [-0.05, 0) is 160 Å². The van der Waals surface area contributed by atoms with Crippen LogP contribution in [0.3, 0.4) is 0 Å². The molecule has 15 unspecified atom stereocenters. The number of ketones is 5. The number of hydrogen-bond acceptors (Lipinski definition) is 29. The van der Waals surface area contributed by atoms with E-state index < -0.39 is 60.4 Å². The number of carbonyl (C=O) groups excluding carboxylic acids is 12. The highest BCUT2D eigenvalue weighted by Gasteiger charge is 2.47. The molecule has 3 amide bonds. The van der Waals surface area contributed by atoms with Gasteiger partial charge >= 0.3 is 29.8 Å². The van der Waals surface area contributed by atoms with Crippen molar-refractivity contribution in [3.05, 3.63) is 95.6 Å². The largest absolute Gasteiger partial charge is 0.497 e. The maximum Gasteiger partial charge on any atom is 0.306 e. The number of nitrogens with zero attached hydrogens (tertiary/aromatic N) is 1. The minimum absolute atomic E-state index is 0.0153. The van der Waals surface area contributed by atoms with Gasteiger partial charge in [0.05, 0.1) is 104 Å². The van der Waals surface area contributed by atoms with Crippen molar-refractivity contribution in [3.63, 3.8) is 0 Å². The zero-order chi connectivity index (χ0) is 109. The van der Waals surface area contributed by atoms with E-state index in [0.717, 1.165) is 55.2 Å². The molecule has 3 aromatic carbocycles. The van der Waals surface area contributed by atoms with E-state index in [-0.39, 0.29) is 260 Å². The van der Waals surface area contributed by atoms with Crippen LogP contribution in [-0.4, -0.2) is 256 Å². The monoisotopic (exact) mass is 2110 g/mol. The summed E-state index contributed by atoms with van der Waals surface area (Å²) in [5.41, 5.74) is 0.123. The van der Waals surface area contributed by atoms with Crippen molar-refractivity contribution in [1.29, 1.82) is 0 Å². The number of unbranched alkanes of at least 4 members (excludes halogenated alkanes) is 14. The number of carbonyl (C=O) groups is 13. The van der Waals surface area contributed by atoms with Gasteiger partial charge in [0, 0.05) is 167 Å². The number of hydrogen-bond donors (Lipinski definition) is 3. The molecule has 33 heteroatoms. The molecule has 4 saturated heterocycles. The van der Waals surface area contributed by atoms with E-state index in [1.165, 1.54) is 20.8 Å². The molecule has 3 aromatic rings. The number of carboxylic acids is 1. The van der Waals surface area contributed by atoms with Crippen molar-refractivity contribution in [2.45, 2.75) is 376 Å². The van der Waals surface area contributed by atoms with Crippen LogP contribution in [0.25, 0.3) is 0 Å². The standard InChI is InChI=1S/C117H181N3O30/c1-81-84(4)105(75-143-90(10)121)148-113(87(81)7)140-65-35-32-45-97(124)41-27-22-29-43-99(126)60-68-137-78-116(79-138-69-61-100(127)44-30-23-28-42-98(125)46-33-36-66-141-114-88(8)82(2)85(5)106(149-114)76-144-91(11)122,80-139-70-62-109(130)119-64-38-63-118-108(129)48-34-37-67-142-115-89(9)83(3)86(6)107(150-115)77-145-92(12)123)72-101(128)47-26-19-17-15-16-18-20-31-49-110(131)120-73-104(147-112(134)59-58-111(132)133)71-96(120)74-146-117(93-39-24-21-25-40-93,94-50-54-102(135-13)55-51-94)95-52-56-103(136-14)57-53-95/h21,24-25,39-40,50-57,81-89,96,104-107,113-115H,15-20,22-23,26-38,41-49,58-80H2,1-14H3,(H,118,129)(H,119,130)(H,132,133)/t81?,82?,83?,84?,85?,86?,87?,88?,89?,96-,104+,105?,106?,107?,113?,114?,115?,116?/m0/s1.